The number of nitrogens with one attached hydrogen (secondary N) is 1. The Morgan fingerprint density at radius 2 is 2.08 bits per heavy atom. The van der Waals surface area contributed by atoms with Crippen LogP contribution in [0.3, 0.4) is 0 Å². The summed E-state index contributed by atoms with van der Waals surface area (Å²) in [5, 5.41) is 8.52. The molecule has 2 heteroatoms. The van der Waals surface area contributed by atoms with Crippen LogP contribution >= 0.6 is 0 Å². The molecule has 0 saturated carbocycles. The molecule has 2 rings (SSSR count). The summed E-state index contributed by atoms with van der Waals surface area (Å²) in [6.07, 6.45) is 0. The number of H-pyrrole nitrogens is 1. The number of aromatic amines is 1. The summed E-state index contributed by atoms with van der Waals surface area (Å²) in [5.74, 6) is 0.511. The molecule has 0 bridgehead atoms. The molecule has 0 atom stereocenters. The third kappa shape index (κ3) is 0.998. The van der Waals surface area contributed by atoms with Crippen LogP contribution in [0.1, 0.15) is 26.9 Å². The molecule has 1 heterocycles. The Morgan fingerprint density at radius 1 is 1.33 bits per heavy atom. The van der Waals surface area contributed by atoms with Crippen LogP contribution in [0.2, 0.25) is 0 Å². The first-order chi connectivity index (χ1) is 5.79. The van der Waals surface area contributed by atoms with Crippen molar-refractivity contribution < 1.29 is 1.43 Å². The molecule has 0 aliphatic heterocycles. The van der Waals surface area contributed by atoms with Gasteiger partial charge >= 0.3 is 0 Å². The van der Waals surface area contributed by atoms with Crippen molar-refractivity contribution in [3.8, 4) is 0 Å². The van der Waals surface area contributed by atoms with Gasteiger partial charge in [-0.25, -0.2) is 0 Å². The molecule has 2 aromatic rings. The van der Waals surface area contributed by atoms with Gasteiger partial charge in [-0.05, 0) is 12.0 Å². The van der Waals surface area contributed by atoms with E-state index in [1.165, 1.54) is 11.1 Å². The van der Waals surface area contributed by atoms with Crippen LogP contribution in [-0.2, 0) is 0 Å². The first-order valence-electron chi connectivity index (χ1n) is 4.22. The van der Waals surface area contributed by atoms with Crippen molar-refractivity contribution >= 4 is 10.9 Å². The van der Waals surface area contributed by atoms with Gasteiger partial charge in [-0.2, -0.15) is 5.10 Å². The summed E-state index contributed by atoms with van der Waals surface area (Å²) < 4.78 is 0. The molecule has 12 heavy (non-hydrogen) atoms. The average molecular weight is 162 g/mol. The van der Waals surface area contributed by atoms with Crippen molar-refractivity contribution in [1.29, 1.82) is 0 Å². The maximum atomic E-state index is 4.21. The van der Waals surface area contributed by atoms with Crippen LogP contribution in [0.5, 0.6) is 0 Å². The van der Waals surface area contributed by atoms with Crippen LogP contribution in [0.15, 0.2) is 24.3 Å². The zero-order valence-corrected chi connectivity index (χ0v) is 7.33. The summed E-state index contributed by atoms with van der Waals surface area (Å²) in [6, 6.07) is 8.18. The van der Waals surface area contributed by atoms with E-state index >= 15 is 0 Å². The number of para-hydroxylation sites is 1. The quantitative estimate of drug-likeness (QED) is 0.686. The van der Waals surface area contributed by atoms with Crippen LogP contribution < -0.4 is 0 Å². The molecular weight excluding hydrogens is 148 g/mol. The number of nitrogens with zero attached hydrogens (tertiary/aromatic N) is 1. The van der Waals surface area contributed by atoms with Crippen molar-refractivity contribution in [2.75, 3.05) is 0 Å². The summed E-state index contributed by atoms with van der Waals surface area (Å²) >= 11 is 0. The van der Waals surface area contributed by atoms with Gasteiger partial charge < -0.3 is 0 Å². The molecule has 0 radical (unpaired) electrons. The predicted octanol–water partition coefficient (Wildman–Crippen LogP) is 2.93. The van der Waals surface area contributed by atoms with E-state index in [1.54, 1.807) is 0 Å². The van der Waals surface area contributed by atoms with Crippen molar-refractivity contribution in [2.24, 2.45) is 0 Å². The van der Waals surface area contributed by atoms with Crippen LogP contribution in [0.25, 0.3) is 10.9 Å². The molecule has 0 saturated heterocycles. The minimum atomic E-state index is 0. The Balaban J connectivity index is 0.000000845. The van der Waals surface area contributed by atoms with E-state index in [4.69, 9.17) is 0 Å². The van der Waals surface area contributed by atoms with Gasteiger partial charge in [0.2, 0.25) is 0 Å². The highest BCUT2D eigenvalue weighted by atomic mass is 15.1. The van der Waals surface area contributed by atoms with Crippen molar-refractivity contribution in [3.63, 3.8) is 0 Å². The van der Waals surface area contributed by atoms with Gasteiger partial charge in [-0.1, -0.05) is 32.0 Å². The number of rotatable bonds is 1. The molecule has 0 amide bonds. The summed E-state index contributed by atoms with van der Waals surface area (Å²) in [5.41, 5.74) is 2.28. The highest BCUT2D eigenvalue weighted by molar-refractivity contribution is 5.81. The van der Waals surface area contributed by atoms with E-state index in [0.717, 1.165) is 5.52 Å². The van der Waals surface area contributed by atoms with Crippen molar-refractivity contribution in [3.05, 3.63) is 30.0 Å². The van der Waals surface area contributed by atoms with Gasteiger partial charge in [0.25, 0.3) is 0 Å². The fourth-order valence-electron chi connectivity index (χ4n) is 1.42. The van der Waals surface area contributed by atoms with E-state index < -0.39 is 0 Å². The van der Waals surface area contributed by atoms with Crippen molar-refractivity contribution in [2.45, 2.75) is 19.8 Å². The number of hydrogen-bond donors (Lipinski definition) is 1. The molecule has 0 unspecified atom stereocenters. The zero-order valence-electron chi connectivity index (χ0n) is 7.33. The second kappa shape index (κ2) is 2.63. The number of fused-ring (bicyclic) bond motifs is 1. The predicted molar refractivity (Wildman–Crippen MR) is 52.3 cm³/mol. The zero-order chi connectivity index (χ0) is 8.55. The van der Waals surface area contributed by atoms with Gasteiger partial charge in [0.1, 0.15) is 0 Å². The topological polar surface area (TPSA) is 28.7 Å². The number of benzene rings is 1. The average Bonchev–Trinajstić information content (AvgIpc) is 2.47. The SMILES string of the molecule is CC(C)c1[nH]nc2ccccc12.[HH]. The van der Waals surface area contributed by atoms with Gasteiger partial charge in [0.15, 0.2) is 0 Å². The Labute approximate surface area is 73.1 Å². The third-order valence-corrected chi connectivity index (χ3v) is 2.07. The Morgan fingerprint density at radius 3 is 2.83 bits per heavy atom. The lowest BCUT2D eigenvalue weighted by atomic mass is 10.1. The van der Waals surface area contributed by atoms with E-state index in [0.29, 0.717) is 5.92 Å². The summed E-state index contributed by atoms with van der Waals surface area (Å²) in [4.78, 5) is 0. The van der Waals surface area contributed by atoms with E-state index in [-0.39, 0.29) is 1.43 Å². The van der Waals surface area contributed by atoms with E-state index in [9.17, 15) is 0 Å². The monoisotopic (exact) mass is 162 g/mol. The first kappa shape index (κ1) is 7.35. The third-order valence-electron chi connectivity index (χ3n) is 2.07. The highest BCUT2D eigenvalue weighted by Crippen LogP contribution is 2.21. The smallest absolute Gasteiger partial charge is 0.0923 e. The van der Waals surface area contributed by atoms with Gasteiger partial charge in [0.05, 0.1) is 5.52 Å². The molecule has 0 fully saturated rings. The van der Waals surface area contributed by atoms with Crippen LogP contribution in [-0.4, -0.2) is 10.2 Å². The minimum Gasteiger partial charge on any atom is -0.281 e. The molecule has 0 aliphatic rings. The highest BCUT2D eigenvalue weighted by Gasteiger charge is 2.06. The number of aromatic nitrogens is 2. The lowest BCUT2D eigenvalue weighted by molar-refractivity contribution is 0.818. The van der Waals surface area contributed by atoms with Crippen LogP contribution in [0.4, 0.5) is 0 Å². The fourth-order valence-corrected chi connectivity index (χ4v) is 1.42. The minimum absolute atomic E-state index is 0. The molecule has 1 aromatic heterocycles. The second-order valence-corrected chi connectivity index (χ2v) is 3.31. The van der Waals surface area contributed by atoms with Crippen molar-refractivity contribution in [1.82, 2.24) is 10.2 Å². The molecule has 1 aromatic carbocycles. The molecule has 1 N–H and O–H groups in total. The molecule has 0 aliphatic carbocycles. The van der Waals surface area contributed by atoms with Gasteiger partial charge in [-0.3, -0.25) is 5.10 Å². The lowest BCUT2D eigenvalue weighted by Gasteiger charge is -1.99. The fraction of sp³-hybridized carbons (Fsp3) is 0.300. The summed E-state index contributed by atoms with van der Waals surface area (Å²) in [6.45, 7) is 4.33. The van der Waals surface area contributed by atoms with Gasteiger partial charge in [0, 0.05) is 12.5 Å². The summed E-state index contributed by atoms with van der Waals surface area (Å²) in [7, 11) is 0. The maximum Gasteiger partial charge on any atom is 0.0923 e. The molecule has 0 spiro atoms. The molecule has 2 nitrogen and oxygen atoms in total. The molecular formula is C10H14N2. The largest absolute Gasteiger partial charge is 0.281 e. The Kier molecular flexibility index (Phi) is 1.61. The van der Waals surface area contributed by atoms with E-state index in [1.807, 2.05) is 18.2 Å². The van der Waals surface area contributed by atoms with Crippen LogP contribution in [0, 0.1) is 0 Å². The maximum absolute atomic E-state index is 4.21. The number of hydrogen-bond acceptors (Lipinski definition) is 1. The Bertz CT molecular complexity index is 392. The normalized spacial score (nSPS) is 11.2. The second-order valence-electron chi connectivity index (χ2n) is 3.31. The first-order valence-corrected chi connectivity index (χ1v) is 4.22. The standard InChI is InChI=1S/C10H12N2.H2/c1-7(2)10-8-5-3-4-6-9(8)11-12-10;/h3-7H,1-2H3,(H,11,12);1H. The lowest BCUT2D eigenvalue weighted by Crippen LogP contribution is -1.86. The van der Waals surface area contributed by atoms with Gasteiger partial charge in [-0.15, -0.1) is 0 Å². The van der Waals surface area contributed by atoms with E-state index in [2.05, 4.69) is 30.1 Å². The Hall–Kier alpha value is -1.31. The molecule has 64 valence electrons.